The van der Waals surface area contributed by atoms with Gasteiger partial charge in [-0.2, -0.15) is 0 Å². The summed E-state index contributed by atoms with van der Waals surface area (Å²) in [4.78, 5) is 10.8. The fraction of sp³-hybridized carbons (Fsp3) is 0. The first-order valence-corrected chi connectivity index (χ1v) is 4.57. The van der Waals surface area contributed by atoms with Crippen LogP contribution >= 0.6 is 11.6 Å². The Morgan fingerprint density at radius 3 is 2.73 bits per heavy atom. The maximum absolute atomic E-state index is 10.8. The molecule has 0 saturated carbocycles. The molecule has 15 heavy (non-hydrogen) atoms. The number of carbonyl (C=O) groups is 1. The van der Waals surface area contributed by atoms with E-state index in [0.29, 0.717) is 16.3 Å². The predicted molar refractivity (Wildman–Crippen MR) is 55.5 cm³/mol. The smallest absolute Gasteiger partial charge is 0.287 e. The number of hydrogen-bond donors (Lipinski definition) is 1. The van der Waals surface area contributed by atoms with E-state index in [9.17, 15) is 4.79 Å². The lowest BCUT2D eigenvalue weighted by molar-refractivity contribution is 0.0965. The largest absolute Gasteiger partial charge is 0.363 e. The normalized spacial score (nSPS) is 10.2. The van der Waals surface area contributed by atoms with Crippen LogP contribution in [0.5, 0.6) is 0 Å². The van der Waals surface area contributed by atoms with E-state index in [2.05, 4.69) is 5.16 Å². The van der Waals surface area contributed by atoms with Crippen molar-refractivity contribution >= 4 is 17.5 Å². The van der Waals surface area contributed by atoms with Crippen LogP contribution in [0.3, 0.4) is 0 Å². The summed E-state index contributed by atoms with van der Waals surface area (Å²) in [7, 11) is 0. The fourth-order valence-electron chi connectivity index (χ4n) is 1.19. The Hall–Kier alpha value is -1.81. The van der Waals surface area contributed by atoms with Crippen LogP contribution in [0.4, 0.5) is 0 Å². The van der Waals surface area contributed by atoms with Gasteiger partial charge in [-0.05, 0) is 6.07 Å². The number of carbonyl (C=O) groups excluding carboxylic acids is 1. The molecule has 0 radical (unpaired) electrons. The molecule has 0 unspecified atom stereocenters. The molecule has 4 nitrogen and oxygen atoms in total. The number of amides is 1. The summed E-state index contributed by atoms with van der Waals surface area (Å²) in [5, 5.41) is 4.25. The molecular weight excluding hydrogens is 216 g/mol. The van der Waals surface area contributed by atoms with Gasteiger partial charge in [0.15, 0.2) is 0 Å². The summed E-state index contributed by atoms with van der Waals surface area (Å²) in [5.41, 5.74) is 6.24. The van der Waals surface area contributed by atoms with E-state index >= 15 is 0 Å². The van der Waals surface area contributed by atoms with E-state index in [1.54, 1.807) is 18.2 Å². The Bertz CT molecular complexity index is 508. The molecule has 0 spiro atoms. The van der Waals surface area contributed by atoms with Crippen LogP contribution in [0.15, 0.2) is 34.9 Å². The highest BCUT2D eigenvalue weighted by Crippen LogP contribution is 2.26. The van der Waals surface area contributed by atoms with Crippen molar-refractivity contribution < 1.29 is 9.32 Å². The number of nitrogens with two attached hydrogens (primary N) is 1. The van der Waals surface area contributed by atoms with Gasteiger partial charge in [0, 0.05) is 11.6 Å². The number of benzene rings is 1. The molecule has 2 N–H and O–H groups in total. The SMILES string of the molecule is NC(=O)c1cc(-c2ccccc2Cl)no1. The first kappa shape index (κ1) is 9.73. The van der Waals surface area contributed by atoms with Crippen molar-refractivity contribution in [3.8, 4) is 11.3 Å². The zero-order chi connectivity index (χ0) is 10.8. The van der Waals surface area contributed by atoms with Crippen LogP contribution in [-0.4, -0.2) is 11.1 Å². The highest BCUT2D eigenvalue weighted by molar-refractivity contribution is 6.33. The Morgan fingerprint density at radius 2 is 2.13 bits per heavy atom. The molecule has 1 aromatic heterocycles. The monoisotopic (exact) mass is 222 g/mol. The molecule has 2 aromatic rings. The maximum atomic E-state index is 10.8. The molecule has 0 aliphatic rings. The number of nitrogens with zero attached hydrogens (tertiary/aromatic N) is 1. The molecule has 76 valence electrons. The van der Waals surface area contributed by atoms with Gasteiger partial charge in [0.1, 0.15) is 5.69 Å². The lowest BCUT2D eigenvalue weighted by Gasteiger charge is -1.96. The molecule has 1 aromatic carbocycles. The third kappa shape index (κ3) is 1.85. The summed E-state index contributed by atoms with van der Waals surface area (Å²) >= 11 is 5.95. The highest BCUT2D eigenvalue weighted by atomic mass is 35.5. The van der Waals surface area contributed by atoms with Crippen molar-refractivity contribution in [2.24, 2.45) is 5.73 Å². The topological polar surface area (TPSA) is 69.1 Å². The number of hydrogen-bond acceptors (Lipinski definition) is 3. The minimum Gasteiger partial charge on any atom is -0.363 e. The van der Waals surface area contributed by atoms with Gasteiger partial charge in [0.25, 0.3) is 5.91 Å². The maximum Gasteiger partial charge on any atom is 0.287 e. The molecule has 0 bridgehead atoms. The van der Waals surface area contributed by atoms with Crippen molar-refractivity contribution in [3.63, 3.8) is 0 Å². The Morgan fingerprint density at radius 1 is 1.40 bits per heavy atom. The lowest BCUT2D eigenvalue weighted by Crippen LogP contribution is -2.09. The summed E-state index contributed by atoms with van der Waals surface area (Å²) in [6, 6.07) is 8.60. The number of aromatic nitrogens is 1. The van der Waals surface area contributed by atoms with Crippen molar-refractivity contribution in [1.29, 1.82) is 0 Å². The van der Waals surface area contributed by atoms with Crippen LogP contribution in [0.2, 0.25) is 5.02 Å². The Balaban J connectivity index is 2.46. The van der Waals surface area contributed by atoms with Crippen molar-refractivity contribution in [2.75, 3.05) is 0 Å². The Labute approximate surface area is 90.6 Å². The molecule has 0 aliphatic heterocycles. The van der Waals surface area contributed by atoms with E-state index in [1.807, 2.05) is 6.07 Å². The lowest BCUT2D eigenvalue weighted by atomic mass is 10.1. The second kappa shape index (κ2) is 3.74. The number of rotatable bonds is 2. The molecule has 0 atom stereocenters. The summed E-state index contributed by atoms with van der Waals surface area (Å²) < 4.78 is 4.75. The molecular formula is C10H7ClN2O2. The minimum atomic E-state index is -0.652. The summed E-state index contributed by atoms with van der Waals surface area (Å²) in [6.45, 7) is 0. The van der Waals surface area contributed by atoms with Gasteiger partial charge in [-0.3, -0.25) is 4.79 Å². The zero-order valence-corrected chi connectivity index (χ0v) is 8.36. The average molecular weight is 223 g/mol. The number of halogens is 1. The summed E-state index contributed by atoms with van der Waals surface area (Å²) in [6.07, 6.45) is 0. The second-order valence-corrected chi connectivity index (χ2v) is 3.33. The van der Waals surface area contributed by atoms with E-state index in [1.165, 1.54) is 6.07 Å². The molecule has 5 heteroatoms. The average Bonchev–Trinajstić information content (AvgIpc) is 2.67. The van der Waals surface area contributed by atoms with Crippen LogP contribution < -0.4 is 5.73 Å². The molecule has 1 amide bonds. The van der Waals surface area contributed by atoms with E-state index in [-0.39, 0.29) is 5.76 Å². The minimum absolute atomic E-state index is 0.0184. The third-order valence-electron chi connectivity index (χ3n) is 1.90. The van der Waals surface area contributed by atoms with E-state index in [0.717, 1.165) is 0 Å². The second-order valence-electron chi connectivity index (χ2n) is 2.92. The van der Waals surface area contributed by atoms with Crippen LogP contribution in [0.25, 0.3) is 11.3 Å². The van der Waals surface area contributed by atoms with Crippen LogP contribution in [-0.2, 0) is 0 Å². The van der Waals surface area contributed by atoms with Gasteiger partial charge in [0.05, 0.1) is 5.02 Å². The van der Waals surface area contributed by atoms with Gasteiger partial charge in [0.2, 0.25) is 5.76 Å². The highest BCUT2D eigenvalue weighted by Gasteiger charge is 2.12. The van der Waals surface area contributed by atoms with Crippen molar-refractivity contribution in [3.05, 3.63) is 41.1 Å². The predicted octanol–water partition coefficient (Wildman–Crippen LogP) is 2.09. The molecule has 1 heterocycles. The molecule has 0 saturated heterocycles. The van der Waals surface area contributed by atoms with E-state index in [4.69, 9.17) is 21.9 Å². The van der Waals surface area contributed by atoms with Gasteiger partial charge in [-0.15, -0.1) is 0 Å². The fourth-order valence-corrected chi connectivity index (χ4v) is 1.42. The third-order valence-corrected chi connectivity index (χ3v) is 2.23. The van der Waals surface area contributed by atoms with Gasteiger partial charge < -0.3 is 10.3 Å². The quantitative estimate of drug-likeness (QED) is 0.846. The van der Waals surface area contributed by atoms with Gasteiger partial charge in [-0.25, -0.2) is 0 Å². The van der Waals surface area contributed by atoms with Crippen molar-refractivity contribution in [1.82, 2.24) is 5.16 Å². The standard InChI is InChI=1S/C10H7ClN2O2/c11-7-4-2-1-3-6(7)8-5-9(10(12)14)15-13-8/h1-5H,(H2,12,14). The Kier molecular flexibility index (Phi) is 2.43. The van der Waals surface area contributed by atoms with Crippen LogP contribution in [0.1, 0.15) is 10.6 Å². The molecule has 0 fully saturated rings. The first-order chi connectivity index (χ1) is 7.18. The van der Waals surface area contributed by atoms with Crippen LogP contribution in [0, 0.1) is 0 Å². The van der Waals surface area contributed by atoms with Crippen molar-refractivity contribution in [2.45, 2.75) is 0 Å². The van der Waals surface area contributed by atoms with Gasteiger partial charge in [-0.1, -0.05) is 35.0 Å². The van der Waals surface area contributed by atoms with E-state index < -0.39 is 5.91 Å². The zero-order valence-electron chi connectivity index (χ0n) is 7.61. The number of primary amides is 1. The first-order valence-electron chi connectivity index (χ1n) is 4.20. The molecule has 2 rings (SSSR count). The summed E-state index contributed by atoms with van der Waals surface area (Å²) in [5.74, 6) is -0.634. The van der Waals surface area contributed by atoms with Gasteiger partial charge >= 0.3 is 0 Å². The molecule has 0 aliphatic carbocycles.